The molecule has 2 N–H and O–H groups in total. The number of carbonyl (C=O) groups is 1. The van der Waals surface area contributed by atoms with Gasteiger partial charge in [-0.25, -0.2) is 4.79 Å². The minimum atomic E-state index is -0.472. The third kappa shape index (κ3) is 3.23. The van der Waals surface area contributed by atoms with Crippen LogP contribution in [0.1, 0.15) is 31.9 Å². The number of carbonyl (C=O) groups excluding carboxylic acids is 1. The molecule has 1 aliphatic heterocycles. The summed E-state index contributed by atoms with van der Waals surface area (Å²) in [5.41, 5.74) is 2.85. The van der Waals surface area contributed by atoms with Gasteiger partial charge in [0.15, 0.2) is 0 Å². The molecule has 0 fully saturated rings. The van der Waals surface area contributed by atoms with Crippen molar-refractivity contribution in [3.05, 3.63) is 29.3 Å². The molecule has 0 aliphatic carbocycles. The Morgan fingerprint density at radius 3 is 2.89 bits per heavy atom. The standard InChI is InChI=1S/C14H20N2O2/c1-14(2,3)18-13(17)16-12-6-4-5-10-9-15-8-7-11(10)12/h4-6,15H,7-9H2,1-3H3,(H,16,17). The lowest BCUT2D eigenvalue weighted by Crippen LogP contribution is -2.29. The molecule has 98 valence electrons. The second kappa shape index (κ2) is 4.98. The molecule has 0 unspecified atom stereocenters. The fourth-order valence-corrected chi connectivity index (χ4v) is 2.06. The zero-order valence-corrected chi connectivity index (χ0v) is 11.2. The SMILES string of the molecule is CC(C)(C)OC(=O)Nc1cccc2c1CCNC2. The highest BCUT2D eigenvalue weighted by molar-refractivity contribution is 5.86. The highest BCUT2D eigenvalue weighted by atomic mass is 16.6. The molecule has 1 heterocycles. The highest BCUT2D eigenvalue weighted by Gasteiger charge is 2.18. The monoisotopic (exact) mass is 248 g/mol. The molecule has 0 aromatic heterocycles. The van der Waals surface area contributed by atoms with Crippen LogP contribution in [0.15, 0.2) is 18.2 Å². The molecule has 4 heteroatoms. The second-order valence-corrected chi connectivity index (χ2v) is 5.50. The minimum absolute atomic E-state index is 0.394. The van der Waals surface area contributed by atoms with Crippen LogP contribution in [0.25, 0.3) is 0 Å². The van der Waals surface area contributed by atoms with E-state index in [9.17, 15) is 4.79 Å². The largest absolute Gasteiger partial charge is 0.444 e. The normalized spacial score (nSPS) is 14.8. The van der Waals surface area contributed by atoms with Gasteiger partial charge in [0.1, 0.15) is 5.60 Å². The first-order valence-corrected chi connectivity index (χ1v) is 6.27. The maximum absolute atomic E-state index is 11.8. The van der Waals surface area contributed by atoms with Crippen LogP contribution in [0.5, 0.6) is 0 Å². The van der Waals surface area contributed by atoms with Gasteiger partial charge in [0, 0.05) is 12.2 Å². The van der Waals surface area contributed by atoms with Crippen LogP contribution in [0, 0.1) is 0 Å². The molecule has 0 bridgehead atoms. The van der Waals surface area contributed by atoms with Crippen LogP contribution in [-0.4, -0.2) is 18.2 Å². The molecule has 1 amide bonds. The Balaban J connectivity index is 2.12. The molecule has 1 aromatic carbocycles. The summed E-state index contributed by atoms with van der Waals surface area (Å²) in [4.78, 5) is 11.8. The lowest BCUT2D eigenvalue weighted by atomic mass is 9.99. The van der Waals surface area contributed by atoms with Crippen molar-refractivity contribution >= 4 is 11.8 Å². The number of hydrogen-bond donors (Lipinski definition) is 2. The van der Waals surface area contributed by atoms with E-state index in [-0.39, 0.29) is 0 Å². The summed E-state index contributed by atoms with van der Waals surface area (Å²) >= 11 is 0. The first kappa shape index (κ1) is 12.9. The van der Waals surface area contributed by atoms with Crippen LogP contribution in [0.4, 0.5) is 10.5 Å². The van der Waals surface area contributed by atoms with Gasteiger partial charge in [-0.2, -0.15) is 0 Å². The van der Waals surface area contributed by atoms with Gasteiger partial charge in [-0.1, -0.05) is 12.1 Å². The molecular formula is C14H20N2O2. The van der Waals surface area contributed by atoms with Gasteiger partial charge in [-0.3, -0.25) is 5.32 Å². The van der Waals surface area contributed by atoms with Crippen molar-refractivity contribution in [2.24, 2.45) is 0 Å². The van der Waals surface area contributed by atoms with Crippen molar-refractivity contribution in [3.8, 4) is 0 Å². The lowest BCUT2D eigenvalue weighted by Gasteiger charge is -2.23. The first-order valence-electron chi connectivity index (χ1n) is 6.27. The van der Waals surface area contributed by atoms with Crippen molar-refractivity contribution in [2.75, 3.05) is 11.9 Å². The maximum atomic E-state index is 11.8. The van der Waals surface area contributed by atoms with Crippen LogP contribution in [-0.2, 0) is 17.7 Å². The van der Waals surface area contributed by atoms with Gasteiger partial charge in [0.2, 0.25) is 0 Å². The molecule has 0 spiro atoms. The van der Waals surface area contributed by atoms with Crippen LogP contribution in [0.2, 0.25) is 0 Å². The summed E-state index contributed by atoms with van der Waals surface area (Å²) in [5.74, 6) is 0. The van der Waals surface area contributed by atoms with E-state index in [2.05, 4.69) is 16.7 Å². The molecule has 0 saturated carbocycles. The van der Waals surface area contributed by atoms with Gasteiger partial charge < -0.3 is 10.1 Å². The third-order valence-electron chi connectivity index (χ3n) is 2.78. The Bertz CT molecular complexity index is 450. The Morgan fingerprint density at radius 2 is 2.17 bits per heavy atom. The van der Waals surface area contributed by atoms with E-state index in [1.807, 2.05) is 32.9 Å². The smallest absolute Gasteiger partial charge is 0.412 e. The van der Waals surface area contributed by atoms with Crippen LogP contribution < -0.4 is 10.6 Å². The van der Waals surface area contributed by atoms with Gasteiger partial charge in [0.25, 0.3) is 0 Å². The Kier molecular flexibility index (Phi) is 3.57. The number of amides is 1. The summed E-state index contributed by atoms with van der Waals surface area (Å²) in [7, 11) is 0. The maximum Gasteiger partial charge on any atom is 0.412 e. The van der Waals surface area contributed by atoms with Crippen LogP contribution in [0.3, 0.4) is 0 Å². The molecule has 4 nitrogen and oxygen atoms in total. The fourth-order valence-electron chi connectivity index (χ4n) is 2.06. The third-order valence-corrected chi connectivity index (χ3v) is 2.78. The van der Waals surface area contributed by atoms with E-state index < -0.39 is 11.7 Å². The average molecular weight is 248 g/mol. The van der Waals surface area contributed by atoms with Gasteiger partial charge in [-0.05, 0) is 50.9 Å². The number of ether oxygens (including phenoxy) is 1. The van der Waals surface area contributed by atoms with Gasteiger partial charge in [-0.15, -0.1) is 0 Å². The molecule has 1 aromatic rings. The Labute approximate surface area is 108 Å². The molecule has 2 rings (SSSR count). The van der Waals surface area contributed by atoms with Crippen molar-refractivity contribution in [2.45, 2.75) is 39.3 Å². The van der Waals surface area contributed by atoms with Crippen molar-refractivity contribution in [3.63, 3.8) is 0 Å². The summed E-state index contributed by atoms with van der Waals surface area (Å²) in [6, 6.07) is 5.97. The van der Waals surface area contributed by atoms with Gasteiger partial charge in [0.05, 0.1) is 0 Å². The molecule has 18 heavy (non-hydrogen) atoms. The zero-order chi connectivity index (χ0) is 13.2. The molecule has 1 aliphatic rings. The number of nitrogens with one attached hydrogen (secondary N) is 2. The average Bonchev–Trinajstić information content (AvgIpc) is 2.27. The molecule has 0 atom stereocenters. The summed E-state index contributed by atoms with van der Waals surface area (Å²) < 4.78 is 5.27. The van der Waals surface area contributed by atoms with Crippen molar-refractivity contribution in [1.29, 1.82) is 0 Å². The van der Waals surface area contributed by atoms with Crippen LogP contribution >= 0.6 is 0 Å². The number of fused-ring (bicyclic) bond motifs is 1. The van der Waals surface area contributed by atoms with E-state index in [4.69, 9.17) is 4.74 Å². The Hall–Kier alpha value is -1.55. The summed E-state index contributed by atoms with van der Waals surface area (Å²) in [6.07, 6.45) is 0.538. The number of hydrogen-bond acceptors (Lipinski definition) is 3. The van der Waals surface area contributed by atoms with E-state index in [1.165, 1.54) is 11.1 Å². The highest BCUT2D eigenvalue weighted by Crippen LogP contribution is 2.23. The van der Waals surface area contributed by atoms with Crippen molar-refractivity contribution < 1.29 is 9.53 Å². The Morgan fingerprint density at radius 1 is 1.39 bits per heavy atom. The topological polar surface area (TPSA) is 50.4 Å². The van der Waals surface area contributed by atoms with E-state index >= 15 is 0 Å². The molecular weight excluding hydrogens is 228 g/mol. The number of rotatable bonds is 1. The quantitative estimate of drug-likeness (QED) is 0.803. The van der Waals surface area contributed by atoms with E-state index in [0.717, 1.165) is 25.2 Å². The zero-order valence-electron chi connectivity index (χ0n) is 11.2. The first-order chi connectivity index (χ1) is 8.46. The molecule has 0 saturated heterocycles. The summed E-state index contributed by atoms with van der Waals surface area (Å²) in [6.45, 7) is 7.38. The second-order valence-electron chi connectivity index (χ2n) is 5.50. The number of anilines is 1. The lowest BCUT2D eigenvalue weighted by molar-refractivity contribution is 0.0636. The number of benzene rings is 1. The minimum Gasteiger partial charge on any atom is -0.444 e. The summed E-state index contributed by atoms with van der Waals surface area (Å²) in [5, 5.41) is 6.15. The predicted octanol–water partition coefficient (Wildman–Crippen LogP) is 2.68. The predicted molar refractivity (Wildman–Crippen MR) is 71.7 cm³/mol. The van der Waals surface area contributed by atoms with Gasteiger partial charge >= 0.3 is 6.09 Å². The van der Waals surface area contributed by atoms with E-state index in [1.54, 1.807) is 0 Å². The molecule has 0 radical (unpaired) electrons. The van der Waals surface area contributed by atoms with E-state index in [0.29, 0.717) is 0 Å². The fraction of sp³-hybridized carbons (Fsp3) is 0.500. The van der Waals surface area contributed by atoms with Crippen molar-refractivity contribution in [1.82, 2.24) is 5.32 Å².